The van der Waals surface area contributed by atoms with E-state index in [0.717, 1.165) is 19.0 Å². The van der Waals surface area contributed by atoms with Crippen LogP contribution >= 0.6 is 12.6 Å². The van der Waals surface area contributed by atoms with Gasteiger partial charge in [-0.25, -0.2) is 0 Å². The molecule has 1 aromatic rings. The Labute approximate surface area is 104 Å². The van der Waals surface area contributed by atoms with E-state index in [-0.39, 0.29) is 10.8 Å². The van der Waals surface area contributed by atoms with E-state index in [0.29, 0.717) is 0 Å². The minimum Gasteiger partial charge on any atom is -0.379 e. The number of hydrogen-bond donors (Lipinski definition) is 1. The minimum absolute atomic E-state index is 0.166. The molecule has 1 saturated heterocycles. The van der Waals surface area contributed by atoms with Gasteiger partial charge in [-0.15, -0.1) is 0 Å². The first kappa shape index (κ1) is 12.0. The topological polar surface area (TPSA) is 9.23 Å². The van der Waals surface area contributed by atoms with Gasteiger partial charge in [-0.1, -0.05) is 45.0 Å². The zero-order valence-electron chi connectivity index (χ0n) is 10.3. The van der Waals surface area contributed by atoms with Crippen molar-refractivity contribution in [2.75, 3.05) is 19.0 Å². The zero-order valence-corrected chi connectivity index (χ0v) is 11.2. The molecule has 0 bridgehead atoms. The summed E-state index contributed by atoms with van der Waals surface area (Å²) in [5, 5.41) is 0. The zero-order chi connectivity index (χ0) is 11.8. The second-order valence-corrected chi connectivity index (χ2v) is 6.07. The van der Waals surface area contributed by atoms with Crippen LogP contribution in [0.2, 0.25) is 0 Å². The van der Waals surface area contributed by atoms with Gasteiger partial charge < -0.3 is 4.74 Å². The van der Waals surface area contributed by atoms with Crippen LogP contribution in [0, 0.1) is 0 Å². The van der Waals surface area contributed by atoms with E-state index in [1.807, 2.05) is 0 Å². The van der Waals surface area contributed by atoms with Crippen LogP contribution in [-0.2, 0) is 15.6 Å². The molecule has 2 rings (SSSR count). The fourth-order valence-corrected chi connectivity index (χ4v) is 2.39. The van der Waals surface area contributed by atoms with Crippen LogP contribution < -0.4 is 0 Å². The number of rotatable bonds is 2. The van der Waals surface area contributed by atoms with Crippen LogP contribution in [0.3, 0.4) is 0 Å². The summed E-state index contributed by atoms with van der Waals surface area (Å²) in [6.07, 6.45) is 0. The third kappa shape index (κ3) is 2.01. The monoisotopic (exact) mass is 236 g/mol. The minimum atomic E-state index is 0.166. The molecule has 88 valence electrons. The van der Waals surface area contributed by atoms with Crippen molar-refractivity contribution in [2.24, 2.45) is 0 Å². The van der Waals surface area contributed by atoms with E-state index in [9.17, 15) is 0 Å². The highest BCUT2D eigenvalue weighted by molar-refractivity contribution is 7.80. The Kier molecular flexibility index (Phi) is 3.06. The Balaban J connectivity index is 2.26. The molecule has 0 N–H and O–H groups in total. The lowest BCUT2D eigenvalue weighted by molar-refractivity contribution is -0.0470. The molecule has 2 heteroatoms. The van der Waals surface area contributed by atoms with Gasteiger partial charge in [0.2, 0.25) is 0 Å². The lowest BCUT2D eigenvalue weighted by Crippen LogP contribution is -2.48. The fraction of sp³-hybridized carbons (Fsp3) is 0.571. The molecule has 0 aliphatic carbocycles. The Bertz CT molecular complexity index is 352. The van der Waals surface area contributed by atoms with Gasteiger partial charge in [-0.3, -0.25) is 0 Å². The number of ether oxygens (including phenoxy) is 1. The first-order valence-corrected chi connectivity index (χ1v) is 6.41. The third-order valence-corrected chi connectivity index (χ3v) is 4.03. The maximum Gasteiger partial charge on any atom is 0.0593 e. The highest BCUT2D eigenvalue weighted by atomic mass is 32.1. The van der Waals surface area contributed by atoms with Crippen LogP contribution in [0.1, 0.15) is 31.9 Å². The molecule has 1 fully saturated rings. The molecule has 1 heterocycles. The first-order chi connectivity index (χ1) is 7.48. The van der Waals surface area contributed by atoms with Gasteiger partial charge in [0.15, 0.2) is 0 Å². The van der Waals surface area contributed by atoms with Crippen molar-refractivity contribution in [3.63, 3.8) is 0 Å². The average Bonchev–Trinajstić information content (AvgIpc) is 2.16. The lowest BCUT2D eigenvalue weighted by Gasteiger charge is -2.41. The number of benzene rings is 1. The SMILES string of the molecule is CC(C)(C)c1ccc(C2(CS)COC2)cc1. The summed E-state index contributed by atoms with van der Waals surface area (Å²) in [5.41, 5.74) is 3.13. The van der Waals surface area contributed by atoms with Crippen LogP contribution in [0.5, 0.6) is 0 Å². The Morgan fingerprint density at radius 1 is 1.19 bits per heavy atom. The number of thiol groups is 1. The lowest BCUT2D eigenvalue weighted by atomic mass is 9.78. The van der Waals surface area contributed by atoms with E-state index in [2.05, 4.69) is 57.7 Å². The predicted molar refractivity (Wildman–Crippen MR) is 71.5 cm³/mol. The standard InChI is InChI=1S/C14H20OS/c1-13(2,3)11-4-6-12(7-5-11)14(10-16)8-15-9-14/h4-7,16H,8-10H2,1-3H3. The average molecular weight is 236 g/mol. The molecule has 0 atom stereocenters. The van der Waals surface area contributed by atoms with Gasteiger partial charge in [-0.2, -0.15) is 12.6 Å². The Morgan fingerprint density at radius 3 is 2.06 bits per heavy atom. The van der Waals surface area contributed by atoms with Gasteiger partial charge in [0.25, 0.3) is 0 Å². The first-order valence-electron chi connectivity index (χ1n) is 5.78. The summed E-state index contributed by atoms with van der Waals surface area (Å²) in [6, 6.07) is 8.94. The van der Waals surface area contributed by atoms with Crippen molar-refractivity contribution in [2.45, 2.75) is 31.6 Å². The largest absolute Gasteiger partial charge is 0.379 e. The Morgan fingerprint density at radius 2 is 1.75 bits per heavy atom. The molecule has 0 spiro atoms. The summed E-state index contributed by atoms with van der Waals surface area (Å²) in [4.78, 5) is 0. The molecule has 0 aromatic heterocycles. The normalized spacial score (nSPS) is 19.2. The van der Waals surface area contributed by atoms with Crippen molar-refractivity contribution in [1.82, 2.24) is 0 Å². The van der Waals surface area contributed by atoms with E-state index < -0.39 is 0 Å². The van der Waals surface area contributed by atoms with Crippen LogP contribution in [0.4, 0.5) is 0 Å². The molecular weight excluding hydrogens is 216 g/mol. The molecule has 1 nitrogen and oxygen atoms in total. The number of hydrogen-bond acceptors (Lipinski definition) is 2. The van der Waals surface area contributed by atoms with Gasteiger partial charge in [-0.05, 0) is 16.5 Å². The van der Waals surface area contributed by atoms with E-state index in [4.69, 9.17) is 4.74 Å². The maximum atomic E-state index is 5.33. The van der Waals surface area contributed by atoms with Crippen molar-refractivity contribution in [3.05, 3.63) is 35.4 Å². The van der Waals surface area contributed by atoms with E-state index in [1.54, 1.807) is 0 Å². The highest BCUT2D eigenvalue weighted by Crippen LogP contribution is 2.34. The molecule has 0 saturated carbocycles. The molecule has 1 aliphatic heterocycles. The van der Waals surface area contributed by atoms with Crippen molar-refractivity contribution < 1.29 is 4.74 Å². The summed E-state index contributed by atoms with van der Waals surface area (Å²) in [5.74, 6) is 0.863. The highest BCUT2D eigenvalue weighted by Gasteiger charge is 2.39. The molecule has 1 aromatic carbocycles. The summed E-state index contributed by atoms with van der Waals surface area (Å²) < 4.78 is 5.33. The summed E-state index contributed by atoms with van der Waals surface area (Å²) in [7, 11) is 0. The van der Waals surface area contributed by atoms with Crippen LogP contribution in [-0.4, -0.2) is 19.0 Å². The maximum absolute atomic E-state index is 5.33. The van der Waals surface area contributed by atoms with Gasteiger partial charge >= 0.3 is 0 Å². The third-order valence-electron chi connectivity index (χ3n) is 3.42. The second kappa shape index (κ2) is 4.08. The van der Waals surface area contributed by atoms with E-state index >= 15 is 0 Å². The molecule has 0 amide bonds. The van der Waals surface area contributed by atoms with Crippen molar-refractivity contribution >= 4 is 12.6 Å². The summed E-state index contributed by atoms with van der Waals surface area (Å²) in [6.45, 7) is 8.34. The smallest absolute Gasteiger partial charge is 0.0593 e. The fourth-order valence-electron chi connectivity index (χ4n) is 2.02. The molecule has 0 radical (unpaired) electrons. The molecule has 1 aliphatic rings. The second-order valence-electron chi connectivity index (χ2n) is 5.76. The van der Waals surface area contributed by atoms with Gasteiger partial charge in [0.05, 0.1) is 18.6 Å². The van der Waals surface area contributed by atoms with Crippen molar-refractivity contribution in [1.29, 1.82) is 0 Å². The molecular formula is C14H20OS. The summed E-state index contributed by atoms with van der Waals surface area (Å²) >= 11 is 4.45. The van der Waals surface area contributed by atoms with Crippen molar-refractivity contribution in [3.8, 4) is 0 Å². The molecule has 0 unspecified atom stereocenters. The quantitative estimate of drug-likeness (QED) is 0.776. The molecule has 16 heavy (non-hydrogen) atoms. The van der Waals surface area contributed by atoms with Gasteiger partial charge in [0, 0.05) is 5.75 Å². The van der Waals surface area contributed by atoms with Crippen LogP contribution in [0.25, 0.3) is 0 Å². The van der Waals surface area contributed by atoms with Crippen LogP contribution in [0.15, 0.2) is 24.3 Å². The Hall–Kier alpha value is -0.470. The predicted octanol–water partition coefficient (Wildman–Crippen LogP) is 3.18. The van der Waals surface area contributed by atoms with E-state index in [1.165, 1.54) is 11.1 Å². The van der Waals surface area contributed by atoms with Gasteiger partial charge in [0.1, 0.15) is 0 Å².